The summed E-state index contributed by atoms with van der Waals surface area (Å²) >= 11 is 0. The molecule has 114 valence electrons. The average molecular weight is 279 g/mol. The SMILES string of the molecule is CC1CCNC(C(=O)NC2CC3CCCC(C2)N3C)C1. The summed E-state index contributed by atoms with van der Waals surface area (Å²) in [4.78, 5) is 15.0. The number of rotatable bonds is 2. The highest BCUT2D eigenvalue weighted by Crippen LogP contribution is 2.32. The van der Waals surface area contributed by atoms with Crippen LogP contribution in [-0.2, 0) is 4.79 Å². The number of piperidine rings is 3. The smallest absolute Gasteiger partial charge is 0.237 e. The number of carbonyl (C=O) groups excluding carboxylic acids is 1. The number of hydrogen-bond acceptors (Lipinski definition) is 3. The van der Waals surface area contributed by atoms with Gasteiger partial charge < -0.3 is 15.5 Å². The number of hydrogen-bond donors (Lipinski definition) is 2. The zero-order valence-electron chi connectivity index (χ0n) is 12.9. The molecular weight excluding hydrogens is 250 g/mol. The molecule has 3 saturated heterocycles. The van der Waals surface area contributed by atoms with Crippen molar-refractivity contribution in [2.24, 2.45) is 5.92 Å². The summed E-state index contributed by atoms with van der Waals surface area (Å²) in [6.45, 7) is 3.24. The van der Waals surface area contributed by atoms with Gasteiger partial charge in [0.1, 0.15) is 0 Å². The Morgan fingerprint density at radius 3 is 2.50 bits per heavy atom. The third kappa shape index (κ3) is 3.01. The van der Waals surface area contributed by atoms with Crippen molar-refractivity contribution in [2.75, 3.05) is 13.6 Å². The zero-order valence-corrected chi connectivity index (χ0v) is 12.9. The molecule has 0 aromatic rings. The summed E-state index contributed by atoms with van der Waals surface area (Å²) < 4.78 is 0. The van der Waals surface area contributed by atoms with Crippen LogP contribution < -0.4 is 10.6 Å². The van der Waals surface area contributed by atoms with E-state index in [4.69, 9.17) is 0 Å². The molecule has 0 aliphatic carbocycles. The van der Waals surface area contributed by atoms with E-state index in [1.54, 1.807) is 0 Å². The van der Waals surface area contributed by atoms with Crippen LogP contribution in [0.2, 0.25) is 0 Å². The van der Waals surface area contributed by atoms with E-state index in [1.165, 1.54) is 25.7 Å². The van der Waals surface area contributed by atoms with Crippen molar-refractivity contribution in [3.8, 4) is 0 Å². The van der Waals surface area contributed by atoms with Gasteiger partial charge in [-0.15, -0.1) is 0 Å². The maximum atomic E-state index is 12.4. The molecule has 4 nitrogen and oxygen atoms in total. The van der Waals surface area contributed by atoms with E-state index in [0.717, 1.165) is 25.8 Å². The number of nitrogens with one attached hydrogen (secondary N) is 2. The fraction of sp³-hybridized carbons (Fsp3) is 0.938. The summed E-state index contributed by atoms with van der Waals surface area (Å²) in [5, 5.41) is 6.71. The van der Waals surface area contributed by atoms with Crippen LogP contribution in [-0.4, -0.2) is 48.6 Å². The Morgan fingerprint density at radius 2 is 1.85 bits per heavy atom. The Bertz CT molecular complexity index is 346. The molecule has 3 aliphatic heterocycles. The maximum Gasteiger partial charge on any atom is 0.237 e. The molecule has 3 heterocycles. The lowest BCUT2D eigenvalue weighted by Gasteiger charge is -2.47. The molecule has 0 saturated carbocycles. The minimum atomic E-state index is 0.0400. The van der Waals surface area contributed by atoms with Crippen molar-refractivity contribution >= 4 is 5.91 Å². The van der Waals surface area contributed by atoms with Crippen molar-refractivity contribution in [1.82, 2.24) is 15.5 Å². The van der Waals surface area contributed by atoms with Crippen molar-refractivity contribution in [2.45, 2.75) is 76.0 Å². The van der Waals surface area contributed by atoms with Gasteiger partial charge in [-0.25, -0.2) is 0 Å². The predicted molar refractivity (Wildman–Crippen MR) is 80.5 cm³/mol. The number of amides is 1. The number of fused-ring (bicyclic) bond motifs is 2. The van der Waals surface area contributed by atoms with Crippen molar-refractivity contribution in [3.05, 3.63) is 0 Å². The van der Waals surface area contributed by atoms with Gasteiger partial charge in [0.2, 0.25) is 5.91 Å². The summed E-state index contributed by atoms with van der Waals surface area (Å²) in [5.74, 6) is 0.910. The first-order valence-corrected chi connectivity index (χ1v) is 8.39. The fourth-order valence-corrected chi connectivity index (χ4v) is 4.34. The quantitative estimate of drug-likeness (QED) is 0.805. The zero-order chi connectivity index (χ0) is 14.1. The van der Waals surface area contributed by atoms with E-state index in [9.17, 15) is 4.79 Å². The molecule has 1 amide bonds. The van der Waals surface area contributed by atoms with Gasteiger partial charge in [-0.1, -0.05) is 13.3 Å². The van der Waals surface area contributed by atoms with Gasteiger partial charge in [0.25, 0.3) is 0 Å². The lowest BCUT2D eigenvalue weighted by molar-refractivity contribution is -0.125. The van der Waals surface area contributed by atoms with Crippen molar-refractivity contribution in [3.63, 3.8) is 0 Å². The van der Waals surface area contributed by atoms with Crippen LogP contribution in [0, 0.1) is 5.92 Å². The van der Waals surface area contributed by atoms with E-state index in [2.05, 4.69) is 29.5 Å². The summed E-state index contributed by atoms with van der Waals surface area (Å²) in [6.07, 6.45) is 8.44. The largest absolute Gasteiger partial charge is 0.352 e. The molecule has 0 aromatic carbocycles. The normalized spacial score (nSPS) is 42.2. The molecule has 4 atom stereocenters. The van der Waals surface area contributed by atoms with Gasteiger partial charge in [-0.05, 0) is 58.0 Å². The summed E-state index contributed by atoms with van der Waals surface area (Å²) in [6, 6.07) is 1.81. The minimum Gasteiger partial charge on any atom is -0.352 e. The summed E-state index contributed by atoms with van der Waals surface area (Å²) in [7, 11) is 2.26. The standard InChI is InChI=1S/C16H29N3O/c1-11-6-7-17-15(8-11)16(20)18-12-9-13-4-3-5-14(10-12)19(13)2/h11-15,17H,3-10H2,1-2H3,(H,18,20). The van der Waals surface area contributed by atoms with Crippen LogP contribution in [0.5, 0.6) is 0 Å². The fourth-order valence-electron chi connectivity index (χ4n) is 4.34. The van der Waals surface area contributed by atoms with Gasteiger partial charge in [0, 0.05) is 18.1 Å². The minimum absolute atomic E-state index is 0.0400. The molecular formula is C16H29N3O. The Labute approximate surface area is 122 Å². The Morgan fingerprint density at radius 1 is 1.15 bits per heavy atom. The first-order chi connectivity index (χ1) is 9.63. The van der Waals surface area contributed by atoms with Crippen LogP contribution in [0.15, 0.2) is 0 Å². The van der Waals surface area contributed by atoms with Gasteiger partial charge in [0.15, 0.2) is 0 Å². The molecule has 3 rings (SSSR count). The monoisotopic (exact) mass is 279 g/mol. The predicted octanol–water partition coefficient (Wildman–Crippen LogP) is 1.51. The van der Waals surface area contributed by atoms with Crippen LogP contribution in [0.1, 0.15) is 51.9 Å². The highest BCUT2D eigenvalue weighted by Gasteiger charge is 2.37. The third-order valence-electron chi connectivity index (χ3n) is 5.67. The molecule has 3 aliphatic rings. The second-order valence-corrected chi connectivity index (χ2v) is 7.22. The molecule has 0 aromatic heterocycles. The van der Waals surface area contributed by atoms with Gasteiger partial charge >= 0.3 is 0 Å². The Balaban J connectivity index is 1.54. The second kappa shape index (κ2) is 6.02. The highest BCUT2D eigenvalue weighted by molar-refractivity contribution is 5.82. The van der Waals surface area contributed by atoms with Crippen molar-refractivity contribution < 1.29 is 4.79 Å². The topological polar surface area (TPSA) is 44.4 Å². The Hall–Kier alpha value is -0.610. The number of nitrogens with zero attached hydrogens (tertiary/aromatic N) is 1. The van der Waals surface area contributed by atoms with E-state index >= 15 is 0 Å². The highest BCUT2D eigenvalue weighted by atomic mass is 16.2. The lowest BCUT2D eigenvalue weighted by atomic mass is 9.82. The van der Waals surface area contributed by atoms with Crippen LogP contribution in [0.3, 0.4) is 0 Å². The molecule has 4 unspecified atom stereocenters. The lowest BCUT2D eigenvalue weighted by Crippen LogP contribution is -2.58. The summed E-state index contributed by atoms with van der Waals surface area (Å²) in [5.41, 5.74) is 0. The second-order valence-electron chi connectivity index (χ2n) is 7.22. The van der Waals surface area contributed by atoms with Crippen LogP contribution in [0.25, 0.3) is 0 Å². The molecule has 0 spiro atoms. The molecule has 2 N–H and O–H groups in total. The van der Waals surface area contributed by atoms with Gasteiger partial charge in [0.05, 0.1) is 6.04 Å². The molecule has 2 bridgehead atoms. The van der Waals surface area contributed by atoms with Gasteiger partial charge in [-0.2, -0.15) is 0 Å². The molecule has 4 heteroatoms. The molecule has 3 fully saturated rings. The maximum absolute atomic E-state index is 12.4. The van der Waals surface area contributed by atoms with E-state index in [0.29, 0.717) is 24.0 Å². The average Bonchev–Trinajstić information content (AvgIpc) is 2.40. The molecule has 20 heavy (non-hydrogen) atoms. The Kier molecular flexibility index (Phi) is 4.32. The third-order valence-corrected chi connectivity index (χ3v) is 5.67. The van der Waals surface area contributed by atoms with E-state index in [1.807, 2.05) is 0 Å². The van der Waals surface area contributed by atoms with Crippen LogP contribution in [0.4, 0.5) is 0 Å². The first-order valence-electron chi connectivity index (χ1n) is 8.39. The molecule has 0 radical (unpaired) electrons. The van der Waals surface area contributed by atoms with E-state index in [-0.39, 0.29) is 11.9 Å². The first kappa shape index (κ1) is 14.3. The van der Waals surface area contributed by atoms with E-state index < -0.39 is 0 Å². The van der Waals surface area contributed by atoms with Crippen molar-refractivity contribution in [1.29, 1.82) is 0 Å². The van der Waals surface area contributed by atoms with Gasteiger partial charge in [-0.3, -0.25) is 4.79 Å². The van der Waals surface area contributed by atoms with Crippen LogP contribution >= 0.6 is 0 Å². The number of carbonyl (C=O) groups is 1.